The van der Waals surface area contributed by atoms with Crippen LogP contribution in [-0.4, -0.2) is 15.0 Å². The first-order valence-electron chi connectivity index (χ1n) is 7.62. The van der Waals surface area contributed by atoms with E-state index in [4.69, 9.17) is 10.5 Å². The Labute approximate surface area is 147 Å². The van der Waals surface area contributed by atoms with Crippen molar-refractivity contribution in [2.24, 2.45) is 5.73 Å². The first-order valence-corrected chi connectivity index (χ1v) is 7.62. The number of aromatic amines is 1. The number of halogens is 3. The maximum absolute atomic E-state index is 14.6. The minimum atomic E-state index is -0.959. The van der Waals surface area contributed by atoms with Crippen LogP contribution in [0.25, 0.3) is 10.9 Å². The minimum absolute atomic E-state index is 0.00203. The van der Waals surface area contributed by atoms with E-state index in [1.807, 2.05) is 0 Å². The lowest BCUT2D eigenvalue weighted by Crippen LogP contribution is -2.13. The highest BCUT2D eigenvalue weighted by molar-refractivity contribution is 5.83. The van der Waals surface area contributed by atoms with Gasteiger partial charge in [0.25, 0.3) is 5.88 Å². The van der Waals surface area contributed by atoms with Crippen molar-refractivity contribution in [2.75, 3.05) is 0 Å². The van der Waals surface area contributed by atoms with Crippen molar-refractivity contribution < 1.29 is 17.9 Å². The maximum Gasteiger partial charge on any atom is 0.259 e. The molecule has 0 aliphatic rings. The van der Waals surface area contributed by atoms with E-state index in [0.29, 0.717) is 5.69 Å². The second kappa shape index (κ2) is 7.01. The minimum Gasteiger partial charge on any atom is -0.433 e. The zero-order chi connectivity index (χ0) is 18.8. The summed E-state index contributed by atoms with van der Waals surface area (Å²) in [6.07, 6.45) is 5.51. The van der Waals surface area contributed by atoms with Gasteiger partial charge < -0.3 is 15.5 Å². The maximum atomic E-state index is 14.6. The molecule has 0 amide bonds. The van der Waals surface area contributed by atoms with Gasteiger partial charge in [-0.15, -0.1) is 0 Å². The number of H-pyrrole nitrogens is 1. The smallest absolute Gasteiger partial charge is 0.259 e. The molecule has 1 aromatic carbocycles. The van der Waals surface area contributed by atoms with Crippen LogP contribution in [0.2, 0.25) is 0 Å². The van der Waals surface area contributed by atoms with E-state index in [2.05, 4.69) is 21.5 Å². The van der Waals surface area contributed by atoms with Crippen molar-refractivity contribution in [1.82, 2.24) is 15.0 Å². The van der Waals surface area contributed by atoms with Gasteiger partial charge in [0.1, 0.15) is 12.0 Å². The quantitative estimate of drug-likeness (QED) is 0.668. The largest absolute Gasteiger partial charge is 0.433 e. The van der Waals surface area contributed by atoms with E-state index in [1.54, 1.807) is 6.92 Å². The number of aryl methyl sites for hydroxylation is 1. The lowest BCUT2D eigenvalue weighted by Gasteiger charge is -2.11. The van der Waals surface area contributed by atoms with Crippen LogP contribution in [0.1, 0.15) is 17.4 Å². The van der Waals surface area contributed by atoms with Crippen LogP contribution in [0.5, 0.6) is 11.6 Å². The van der Waals surface area contributed by atoms with Crippen molar-refractivity contribution >= 4 is 10.9 Å². The number of rotatable bonds is 5. The average Bonchev–Trinajstić information content (AvgIpc) is 3.01. The molecule has 0 aliphatic heterocycles. The summed E-state index contributed by atoms with van der Waals surface area (Å²) in [5.41, 5.74) is 6.25. The molecular formula is C18H15F3N4O. The molecule has 5 nitrogen and oxygen atoms in total. The van der Waals surface area contributed by atoms with E-state index in [1.165, 1.54) is 24.3 Å². The fourth-order valence-corrected chi connectivity index (χ4v) is 2.47. The standard InChI is InChI=1S/C18H15F3N4O/c1-3-4-5-12(22)17-15(21)18(24-8-23-17)26-13-7-11(19)16-10(14(13)20)6-9(2)25-16/h3-8,12,25H,1,22H2,2H3/b5-4-. The number of allylic oxidation sites excluding steroid dienone is 2. The molecule has 2 heterocycles. The summed E-state index contributed by atoms with van der Waals surface area (Å²) in [5, 5.41) is -0.00203. The molecule has 0 radical (unpaired) electrons. The van der Waals surface area contributed by atoms with Crippen molar-refractivity contribution in [3.8, 4) is 11.6 Å². The first kappa shape index (κ1) is 17.7. The summed E-state index contributed by atoms with van der Waals surface area (Å²) in [6, 6.07) is 1.37. The highest BCUT2D eigenvalue weighted by Crippen LogP contribution is 2.33. The van der Waals surface area contributed by atoms with Crippen LogP contribution < -0.4 is 10.5 Å². The normalized spacial score (nSPS) is 12.7. The molecule has 0 bridgehead atoms. The molecule has 3 aromatic rings. The SMILES string of the molecule is C=C/C=C\C(N)c1ncnc(Oc2cc(F)c3[nH]c(C)cc3c2F)c1F. The number of hydrogen-bond acceptors (Lipinski definition) is 4. The second-order valence-corrected chi connectivity index (χ2v) is 5.54. The fourth-order valence-electron chi connectivity index (χ4n) is 2.47. The molecule has 3 rings (SSSR count). The number of aromatic nitrogens is 3. The predicted molar refractivity (Wildman–Crippen MR) is 91.3 cm³/mol. The van der Waals surface area contributed by atoms with Gasteiger partial charge in [0, 0.05) is 17.1 Å². The van der Waals surface area contributed by atoms with E-state index >= 15 is 0 Å². The predicted octanol–water partition coefficient (Wildman–Crippen LogP) is 4.22. The average molecular weight is 360 g/mol. The van der Waals surface area contributed by atoms with Crippen LogP contribution in [0, 0.1) is 24.4 Å². The molecular weight excluding hydrogens is 345 g/mol. The number of benzene rings is 1. The third kappa shape index (κ3) is 3.18. The molecule has 1 unspecified atom stereocenters. The summed E-state index contributed by atoms with van der Waals surface area (Å²) in [5.74, 6) is -3.57. The van der Waals surface area contributed by atoms with Crippen molar-refractivity contribution in [3.05, 3.63) is 72.1 Å². The fraction of sp³-hybridized carbons (Fsp3) is 0.111. The third-order valence-corrected chi connectivity index (χ3v) is 3.66. The molecule has 134 valence electrons. The third-order valence-electron chi connectivity index (χ3n) is 3.66. The number of ether oxygens (including phenoxy) is 1. The van der Waals surface area contributed by atoms with Gasteiger partial charge in [0.15, 0.2) is 17.4 Å². The lowest BCUT2D eigenvalue weighted by molar-refractivity contribution is 0.391. The number of nitrogens with one attached hydrogen (secondary N) is 1. The molecule has 0 fully saturated rings. The Balaban J connectivity index is 2.02. The van der Waals surface area contributed by atoms with Gasteiger partial charge in [-0.25, -0.2) is 13.8 Å². The van der Waals surface area contributed by atoms with Crippen molar-refractivity contribution in [2.45, 2.75) is 13.0 Å². The molecule has 0 saturated heterocycles. The van der Waals surface area contributed by atoms with Crippen LogP contribution >= 0.6 is 0 Å². The Hall–Kier alpha value is -3.13. The number of nitrogens with zero attached hydrogens (tertiary/aromatic N) is 2. The molecule has 0 saturated carbocycles. The summed E-state index contributed by atoms with van der Waals surface area (Å²) in [7, 11) is 0. The Morgan fingerprint density at radius 2 is 2.00 bits per heavy atom. The van der Waals surface area contributed by atoms with Gasteiger partial charge >= 0.3 is 0 Å². The number of fused-ring (bicyclic) bond motifs is 1. The zero-order valence-corrected chi connectivity index (χ0v) is 13.8. The Bertz CT molecular complexity index is 1010. The molecule has 2 aromatic heterocycles. The van der Waals surface area contributed by atoms with Crippen LogP contribution in [-0.2, 0) is 0 Å². The van der Waals surface area contributed by atoms with Gasteiger partial charge in [-0.3, -0.25) is 0 Å². The van der Waals surface area contributed by atoms with Crippen LogP contribution in [0.3, 0.4) is 0 Å². The zero-order valence-electron chi connectivity index (χ0n) is 13.8. The molecule has 0 spiro atoms. The van der Waals surface area contributed by atoms with Gasteiger partial charge in [-0.05, 0) is 13.0 Å². The van der Waals surface area contributed by atoms with Gasteiger partial charge in [0.2, 0.25) is 5.82 Å². The summed E-state index contributed by atoms with van der Waals surface area (Å²) in [4.78, 5) is 10.1. The summed E-state index contributed by atoms with van der Waals surface area (Å²) >= 11 is 0. The summed E-state index contributed by atoms with van der Waals surface area (Å²) in [6.45, 7) is 5.15. The number of hydrogen-bond donors (Lipinski definition) is 2. The Morgan fingerprint density at radius 1 is 1.23 bits per heavy atom. The molecule has 26 heavy (non-hydrogen) atoms. The monoisotopic (exact) mass is 360 g/mol. The van der Waals surface area contributed by atoms with Crippen molar-refractivity contribution in [3.63, 3.8) is 0 Å². The molecule has 1 atom stereocenters. The first-order chi connectivity index (χ1) is 12.4. The number of nitrogens with two attached hydrogens (primary N) is 1. The lowest BCUT2D eigenvalue weighted by atomic mass is 10.2. The molecule has 8 heteroatoms. The second-order valence-electron chi connectivity index (χ2n) is 5.54. The van der Waals surface area contributed by atoms with E-state index in [9.17, 15) is 13.2 Å². The van der Waals surface area contributed by atoms with E-state index in [0.717, 1.165) is 12.4 Å². The summed E-state index contributed by atoms with van der Waals surface area (Å²) < 4.78 is 48.5. The van der Waals surface area contributed by atoms with E-state index in [-0.39, 0.29) is 16.6 Å². The van der Waals surface area contributed by atoms with Crippen molar-refractivity contribution in [1.29, 1.82) is 0 Å². The van der Waals surface area contributed by atoms with Gasteiger partial charge in [0.05, 0.1) is 11.6 Å². The van der Waals surface area contributed by atoms with Gasteiger partial charge in [-0.2, -0.15) is 9.37 Å². The molecule has 0 aliphatic carbocycles. The highest BCUT2D eigenvalue weighted by Gasteiger charge is 2.21. The topological polar surface area (TPSA) is 76.8 Å². The van der Waals surface area contributed by atoms with Gasteiger partial charge in [-0.1, -0.05) is 24.8 Å². The Morgan fingerprint density at radius 3 is 2.73 bits per heavy atom. The van der Waals surface area contributed by atoms with Crippen LogP contribution in [0.4, 0.5) is 13.2 Å². The molecule has 3 N–H and O–H groups in total. The Kier molecular flexibility index (Phi) is 4.77. The van der Waals surface area contributed by atoms with Crippen LogP contribution in [0.15, 0.2) is 43.3 Å². The van der Waals surface area contributed by atoms with E-state index < -0.39 is 35.1 Å². The highest BCUT2D eigenvalue weighted by atomic mass is 19.1.